The van der Waals surface area contributed by atoms with Crippen LogP contribution in [0.3, 0.4) is 0 Å². The molecule has 2 aromatic carbocycles. The molecule has 0 spiro atoms. The van der Waals surface area contributed by atoms with Crippen LogP contribution in [0.25, 0.3) is 10.8 Å². The van der Waals surface area contributed by atoms with E-state index in [0.717, 1.165) is 33.7 Å². The van der Waals surface area contributed by atoms with E-state index < -0.39 is 0 Å². The third-order valence-corrected chi connectivity index (χ3v) is 3.16. The van der Waals surface area contributed by atoms with Crippen LogP contribution in [-0.2, 0) is 0 Å². The first-order valence-corrected chi connectivity index (χ1v) is 6.32. The number of nitrogens with zero attached hydrogens (tertiary/aromatic N) is 1. The number of pyridine rings is 1. The monoisotopic (exact) mass is 265 g/mol. The number of nitrogens with one attached hydrogen (secondary N) is 1. The summed E-state index contributed by atoms with van der Waals surface area (Å²) in [6, 6.07) is 15.4. The largest absolute Gasteiger partial charge is 0.496 e. The van der Waals surface area contributed by atoms with E-state index in [2.05, 4.69) is 10.3 Å². The summed E-state index contributed by atoms with van der Waals surface area (Å²) in [7, 11) is 1.67. The second kappa shape index (κ2) is 5.09. The molecule has 4 nitrogen and oxygen atoms in total. The van der Waals surface area contributed by atoms with Crippen LogP contribution >= 0.6 is 0 Å². The highest BCUT2D eigenvalue weighted by atomic mass is 16.5. The Bertz CT molecular complexity index is 738. The first kappa shape index (κ1) is 12.3. The third-order valence-electron chi connectivity index (χ3n) is 3.16. The number of hydrogen-bond donors (Lipinski definition) is 2. The molecule has 0 radical (unpaired) electrons. The predicted octanol–water partition coefficient (Wildman–Crippen LogP) is 3.57. The number of aromatic nitrogens is 1. The van der Waals surface area contributed by atoms with E-state index in [1.165, 1.54) is 0 Å². The lowest BCUT2D eigenvalue weighted by Gasteiger charge is -2.11. The van der Waals surface area contributed by atoms with Gasteiger partial charge in [-0.2, -0.15) is 0 Å². The Morgan fingerprint density at radius 2 is 1.80 bits per heavy atom. The van der Waals surface area contributed by atoms with E-state index >= 15 is 0 Å². The van der Waals surface area contributed by atoms with Crippen LogP contribution in [-0.4, -0.2) is 12.1 Å². The van der Waals surface area contributed by atoms with E-state index in [-0.39, 0.29) is 0 Å². The zero-order valence-corrected chi connectivity index (χ0v) is 11.1. The van der Waals surface area contributed by atoms with Crippen LogP contribution in [0, 0.1) is 0 Å². The van der Waals surface area contributed by atoms with E-state index in [1.54, 1.807) is 13.3 Å². The van der Waals surface area contributed by atoms with Gasteiger partial charge in [0.05, 0.1) is 7.11 Å². The number of ether oxygens (including phenoxy) is 1. The molecule has 3 rings (SSSR count). The normalized spacial score (nSPS) is 10.4. The number of benzene rings is 2. The number of nitrogens with two attached hydrogens (primary N) is 1. The molecule has 0 aliphatic rings. The van der Waals surface area contributed by atoms with Gasteiger partial charge in [-0.25, -0.2) is 4.98 Å². The van der Waals surface area contributed by atoms with Crippen molar-refractivity contribution in [2.24, 2.45) is 0 Å². The maximum atomic E-state index is 5.69. The molecule has 0 saturated heterocycles. The van der Waals surface area contributed by atoms with Crippen molar-refractivity contribution in [2.75, 3.05) is 18.2 Å². The number of rotatable bonds is 3. The van der Waals surface area contributed by atoms with Gasteiger partial charge in [-0.15, -0.1) is 0 Å². The molecule has 0 unspecified atom stereocenters. The van der Waals surface area contributed by atoms with E-state index in [9.17, 15) is 0 Å². The molecule has 0 saturated carbocycles. The van der Waals surface area contributed by atoms with E-state index in [1.807, 2.05) is 48.5 Å². The molecule has 0 fully saturated rings. The van der Waals surface area contributed by atoms with Gasteiger partial charge >= 0.3 is 0 Å². The van der Waals surface area contributed by atoms with Gasteiger partial charge in [-0.05, 0) is 36.4 Å². The predicted molar refractivity (Wildman–Crippen MR) is 82.4 cm³/mol. The van der Waals surface area contributed by atoms with Crippen molar-refractivity contribution in [3.05, 3.63) is 54.7 Å². The lowest BCUT2D eigenvalue weighted by atomic mass is 10.1. The van der Waals surface area contributed by atoms with E-state index in [0.29, 0.717) is 0 Å². The van der Waals surface area contributed by atoms with Crippen molar-refractivity contribution >= 4 is 28.0 Å². The lowest BCUT2D eigenvalue weighted by Crippen LogP contribution is -1.95. The average Bonchev–Trinajstić information content (AvgIpc) is 2.49. The Kier molecular flexibility index (Phi) is 3.13. The van der Waals surface area contributed by atoms with Gasteiger partial charge in [-0.1, -0.05) is 12.1 Å². The molecule has 100 valence electrons. The molecule has 0 atom stereocenters. The molecule has 0 aliphatic carbocycles. The number of fused-ring (bicyclic) bond motifs is 1. The van der Waals surface area contributed by atoms with Crippen molar-refractivity contribution in [3.8, 4) is 5.75 Å². The maximum absolute atomic E-state index is 5.69. The molecule has 0 amide bonds. The Hall–Kier alpha value is -2.75. The highest BCUT2D eigenvalue weighted by Gasteiger charge is 2.06. The van der Waals surface area contributed by atoms with Crippen molar-refractivity contribution in [1.82, 2.24) is 4.98 Å². The topological polar surface area (TPSA) is 60.2 Å². The quantitative estimate of drug-likeness (QED) is 0.711. The fourth-order valence-corrected chi connectivity index (χ4v) is 2.16. The number of hydrogen-bond acceptors (Lipinski definition) is 4. The smallest absolute Gasteiger partial charge is 0.138 e. The summed E-state index contributed by atoms with van der Waals surface area (Å²) in [5, 5.41) is 5.35. The molecule has 1 aromatic heterocycles. The molecule has 3 aromatic rings. The van der Waals surface area contributed by atoms with Crippen LogP contribution in [0.5, 0.6) is 5.75 Å². The van der Waals surface area contributed by atoms with Gasteiger partial charge in [0.2, 0.25) is 0 Å². The minimum Gasteiger partial charge on any atom is -0.496 e. The highest BCUT2D eigenvalue weighted by molar-refractivity contribution is 5.97. The first-order chi connectivity index (χ1) is 9.78. The van der Waals surface area contributed by atoms with Crippen LogP contribution in [0.2, 0.25) is 0 Å². The Balaban J connectivity index is 2.05. The summed E-state index contributed by atoms with van der Waals surface area (Å²) in [6.45, 7) is 0. The van der Waals surface area contributed by atoms with Crippen LogP contribution in [0.1, 0.15) is 0 Å². The van der Waals surface area contributed by atoms with E-state index in [4.69, 9.17) is 10.5 Å². The number of anilines is 3. The van der Waals surface area contributed by atoms with Crippen LogP contribution < -0.4 is 15.8 Å². The summed E-state index contributed by atoms with van der Waals surface area (Å²) in [4.78, 5) is 4.40. The minimum absolute atomic E-state index is 0.739. The summed E-state index contributed by atoms with van der Waals surface area (Å²) in [5.74, 6) is 1.64. The molecule has 0 aliphatic heterocycles. The molecule has 0 bridgehead atoms. The minimum atomic E-state index is 0.739. The summed E-state index contributed by atoms with van der Waals surface area (Å²) >= 11 is 0. The first-order valence-electron chi connectivity index (χ1n) is 6.32. The van der Waals surface area contributed by atoms with Gasteiger partial charge in [0.25, 0.3) is 0 Å². The van der Waals surface area contributed by atoms with Crippen molar-refractivity contribution in [3.63, 3.8) is 0 Å². The highest BCUT2D eigenvalue weighted by Crippen LogP contribution is 2.30. The Morgan fingerprint density at radius 3 is 2.55 bits per heavy atom. The van der Waals surface area contributed by atoms with Gasteiger partial charge in [-0.3, -0.25) is 0 Å². The zero-order chi connectivity index (χ0) is 13.9. The molecular weight excluding hydrogens is 250 g/mol. The summed E-state index contributed by atoms with van der Waals surface area (Å²) in [5.41, 5.74) is 7.37. The molecule has 4 heteroatoms. The fourth-order valence-electron chi connectivity index (χ4n) is 2.16. The SMILES string of the molecule is COc1cccc2c(Nc3ccc(N)cc3)nccc12. The summed E-state index contributed by atoms with van der Waals surface area (Å²) < 4.78 is 5.38. The average molecular weight is 265 g/mol. The maximum Gasteiger partial charge on any atom is 0.138 e. The molecular formula is C16H15N3O. The Morgan fingerprint density at radius 1 is 1.00 bits per heavy atom. The number of nitrogen functional groups attached to an aromatic ring is 1. The second-order valence-electron chi connectivity index (χ2n) is 4.46. The second-order valence-corrected chi connectivity index (χ2v) is 4.46. The number of methoxy groups -OCH3 is 1. The molecule has 1 heterocycles. The lowest BCUT2D eigenvalue weighted by molar-refractivity contribution is 0.420. The molecule has 3 N–H and O–H groups in total. The Labute approximate surface area is 117 Å². The fraction of sp³-hybridized carbons (Fsp3) is 0.0625. The zero-order valence-electron chi connectivity index (χ0n) is 11.1. The van der Waals surface area contributed by atoms with Gasteiger partial charge < -0.3 is 15.8 Å². The van der Waals surface area contributed by atoms with Gasteiger partial charge in [0, 0.05) is 28.3 Å². The van der Waals surface area contributed by atoms with Crippen LogP contribution in [0.4, 0.5) is 17.2 Å². The standard InChI is InChI=1S/C16H15N3O/c1-20-15-4-2-3-14-13(15)9-10-18-16(14)19-12-7-5-11(17)6-8-12/h2-10H,17H2,1H3,(H,18,19). The van der Waals surface area contributed by atoms with Crippen molar-refractivity contribution < 1.29 is 4.74 Å². The van der Waals surface area contributed by atoms with Gasteiger partial charge in [0.1, 0.15) is 11.6 Å². The van der Waals surface area contributed by atoms with Crippen LogP contribution in [0.15, 0.2) is 54.7 Å². The third kappa shape index (κ3) is 2.23. The van der Waals surface area contributed by atoms with Crippen molar-refractivity contribution in [1.29, 1.82) is 0 Å². The summed E-state index contributed by atoms with van der Waals surface area (Å²) in [6.07, 6.45) is 1.77. The van der Waals surface area contributed by atoms with Crippen molar-refractivity contribution in [2.45, 2.75) is 0 Å². The molecule has 20 heavy (non-hydrogen) atoms. The van der Waals surface area contributed by atoms with Gasteiger partial charge in [0.15, 0.2) is 0 Å².